The van der Waals surface area contributed by atoms with Crippen LogP contribution in [-0.2, 0) is 16.6 Å². The Balaban J connectivity index is 1.88. The van der Waals surface area contributed by atoms with E-state index in [0.717, 1.165) is 29.1 Å². The lowest BCUT2D eigenvalue weighted by Gasteiger charge is -2.16. The summed E-state index contributed by atoms with van der Waals surface area (Å²) < 4.78 is 22.6. The summed E-state index contributed by atoms with van der Waals surface area (Å²) in [5.74, 6) is 0.712. The zero-order chi connectivity index (χ0) is 14.6. The number of primary sulfonamides is 1. The highest BCUT2D eigenvalue weighted by atomic mass is 32.2. The number of nitrogens with two attached hydrogens (primary N) is 1. The number of sulfonamides is 1. The van der Waals surface area contributed by atoms with Gasteiger partial charge in [0.1, 0.15) is 4.21 Å². The van der Waals surface area contributed by atoms with Gasteiger partial charge >= 0.3 is 0 Å². The lowest BCUT2D eigenvalue weighted by Crippen LogP contribution is -2.41. The van der Waals surface area contributed by atoms with Crippen LogP contribution in [0.25, 0.3) is 0 Å². The minimum Gasteiger partial charge on any atom is -0.353 e. The molecule has 0 bridgehead atoms. The molecule has 2 rings (SSSR count). The monoisotopic (exact) mass is 314 g/mol. The fourth-order valence-corrected chi connectivity index (χ4v) is 3.62. The number of thiophene rings is 1. The Morgan fingerprint density at radius 2 is 2.15 bits per heavy atom. The van der Waals surface area contributed by atoms with Crippen LogP contribution in [0, 0.1) is 0 Å². The third kappa shape index (κ3) is 4.06. The number of nitrogens with zero attached hydrogens (tertiary/aromatic N) is 1. The van der Waals surface area contributed by atoms with Gasteiger partial charge in [0.25, 0.3) is 0 Å². The van der Waals surface area contributed by atoms with Crippen molar-refractivity contribution in [2.75, 3.05) is 7.05 Å². The van der Waals surface area contributed by atoms with Crippen LogP contribution in [0.4, 0.5) is 0 Å². The summed E-state index contributed by atoms with van der Waals surface area (Å²) in [6.45, 7) is 0.514. The van der Waals surface area contributed by atoms with E-state index < -0.39 is 10.0 Å². The summed E-state index contributed by atoms with van der Waals surface area (Å²) in [5.41, 5.74) is 0. The first-order chi connectivity index (χ1) is 9.49. The van der Waals surface area contributed by atoms with E-state index >= 15 is 0 Å². The molecule has 0 radical (unpaired) electrons. The van der Waals surface area contributed by atoms with Crippen LogP contribution in [0.15, 0.2) is 33.5 Å². The summed E-state index contributed by atoms with van der Waals surface area (Å²) in [7, 11) is -1.90. The van der Waals surface area contributed by atoms with Gasteiger partial charge in [-0.05, 0) is 25.0 Å². The molecular formula is C12H18N4O2S2. The van der Waals surface area contributed by atoms with E-state index in [9.17, 15) is 8.42 Å². The lowest BCUT2D eigenvalue weighted by molar-refractivity contribution is 0.600. The minimum atomic E-state index is -3.61. The van der Waals surface area contributed by atoms with Crippen molar-refractivity contribution >= 4 is 27.3 Å². The SMILES string of the molecule is CN=C(NCc1ccc(S(N)(=O)=O)s1)NC1CC=CC1. The number of guanidine groups is 1. The highest BCUT2D eigenvalue weighted by molar-refractivity contribution is 7.91. The zero-order valence-electron chi connectivity index (χ0n) is 11.2. The van der Waals surface area contributed by atoms with Crippen LogP contribution in [0.5, 0.6) is 0 Å². The number of hydrogen-bond donors (Lipinski definition) is 3. The number of rotatable bonds is 4. The van der Waals surface area contributed by atoms with E-state index in [2.05, 4.69) is 27.8 Å². The van der Waals surface area contributed by atoms with E-state index in [1.807, 2.05) is 0 Å². The summed E-state index contributed by atoms with van der Waals surface area (Å²) in [6, 6.07) is 3.65. The molecule has 1 aromatic heterocycles. The summed E-state index contributed by atoms with van der Waals surface area (Å²) >= 11 is 1.16. The van der Waals surface area contributed by atoms with Gasteiger partial charge in [0, 0.05) is 18.0 Å². The number of aliphatic imine (C=N–C) groups is 1. The Morgan fingerprint density at radius 1 is 1.45 bits per heavy atom. The Kier molecular flexibility index (Phi) is 4.79. The normalized spacial score (nSPS) is 16.6. The molecule has 8 heteroatoms. The highest BCUT2D eigenvalue weighted by Crippen LogP contribution is 2.19. The predicted molar refractivity (Wildman–Crippen MR) is 81.2 cm³/mol. The second kappa shape index (κ2) is 6.38. The van der Waals surface area contributed by atoms with Crippen molar-refractivity contribution in [3.8, 4) is 0 Å². The maximum atomic E-state index is 11.2. The molecule has 0 atom stereocenters. The molecule has 0 saturated heterocycles. The van der Waals surface area contributed by atoms with Crippen molar-refractivity contribution in [2.45, 2.75) is 29.6 Å². The van der Waals surface area contributed by atoms with E-state index in [1.54, 1.807) is 13.1 Å². The summed E-state index contributed by atoms with van der Waals surface area (Å²) in [4.78, 5) is 5.04. The second-order valence-corrected chi connectivity index (χ2v) is 7.43. The smallest absolute Gasteiger partial charge is 0.247 e. The van der Waals surface area contributed by atoms with Gasteiger partial charge < -0.3 is 10.6 Å². The molecule has 0 amide bonds. The number of nitrogens with one attached hydrogen (secondary N) is 2. The van der Waals surface area contributed by atoms with Gasteiger partial charge in [0.2, 0.25) is 10.0 Å². The highest BCUT2D eigenvalue weighted by Gasteiger charge is 2.13. The summed E-state index contributed by atoms with van der Waals surface area (Å²) in [6.07, 6.45) is 6.27. The molecule has 6 nitrogen and oxygen atoms in total. The molecule has 1 heterocycles. The Hall–Kier alpha value is -1.38. The molecule has 1 aliphatic rings. The Bertz CT molecular complexity index is 611. The zero-order valence-corrected chi connectivity index (χ0v) is 12.8. The number of hydrogen-bond acceptors (Lipinski definition) is 4. The van der Waals surface area contributed by atoms with Crippen LogP contribution in [-0.4, -0.2) is 27.5 Å². The molecule has 0 aromatic carbocycles. The van der Waals surface area contributed by atoms with Gasteiger partial charge in [-0.2, -0.15) is 0 Å². The fourth-order valence-electron chi connectivity index (χ4n) is 1.90. The second-order valence-electron chi connectivity index (χ2n) is 4.48. The minimum absolute atomic E-state index is 0.178. The molecule has 4 N–H and O–H groups in total. The molecule has 0 fully saturated rings. The van der Waals surface area contributed by atoms with E-state index in [0.29, 0.717) is 18.5 Å². The molecule has 0 spiro atoms. The van der Waals surface area contributed by atoms with E-state index in [4.69, 9.17) is 5.14 Å². The van der Waals surface area contributed by atoms with Crippen molar-refractivity contribution in [3.63, 3.8) is 0 Å². The van der Waals surface area contributed by atoms with Crippen LogP contribution < -0.4 is 15.8 Å². The van der Waals surface area contributed by atoms with Crippen LogP contribution in [0.1, 0.15) is 17.7 Å². The average molecular weight is 314 g/mol. The molecule has 110 valence electrons. The molecule has 20 heavy (non-hydrogen) atoms. The molecule has 1 aliphatic carbocycles. The first-order valence-corrected chi connectivity index (χ1v) is 8.59. The topological polar surface area (TPSA) is 96.6 Å². The largest absolute Gasteiger partial charge is 0.353 e. The first kappa shape index (κ1) is 15.0. The third-order valence-corrected chi connectivity index (χ3v) is 5.44. The maximum Gasteiger partial charge on any atom is 0.247 e. The van der Waals surface area contributed by atoms with Gasteiger partial charge in [-0.3, -0.25) is 4.99 Å². The molecule has 1 aromatic rings. The first-order valence-electron chi connectivity index (χ1n) is 6.23. The molecule has 0 unspecified atom stereocenters. The van der Waals surface area contributed by atoms with Gasteiger partial charge in [0.15, 0.2) is 5.96 Å². The average Bonchev–Trinajstić information content (AvgIpc) is 3.04. The van der Waals surface area contributed by atoms with Crippen molar-refractivity contribution < 1.29 is 8.42 Å². The van der Waals surface area contributed by atoms with Crippen molar-refractivity contribution in [2.24, 2.45) is 10.1 Å². The molecule has 0 saturated carbocycles. The van der Waals surface area contributed by atoms with Gasteiger partial charge in [-0.1, -0.05) is 12.2 Å². The third-order valence-electron chi connectivity index (χ3n) is 2.92. The summed E-state index contributed by atoms with van der Waals surface area (Å²) in [5, 5.41) is 11.6. The molecular weight excluding hydrogens is 296 g/mol. The molecule has 0 aliphatic heterocycles. The van der Waals surface area contributed by atoms with Crippen LogP contribution in [0.3, 0.4) is 0 Å². The standard InChI is InChI=1S/C12H18N4O2S2/c1-14-12(16-9-4-2-3-5-9)15-8-10-6-7-11(19-10)20(13,17)18/h2-3,6-7,9H,4-5,8H2,1H3,(H2,13,17,18)(H2,14,15,16). The van der Waals surface area contributed by atoms with Gasteiger partial charge in [-0.25, -0.2) is 13.6 Å². The fraction of sp³-hybridized carbons (Fsp3) is 0.417. The lowest BCUT2D eigenvalue weighted by atomic mass is 10.2. The Labute approximate surface area is 122 Å². The van der Waals surface area contributed by atoms with Crippen LogP contribution >= 0.6 is 11.3 Å². The Morgan fingerprint density at radius 3 is 2.70 bits per heavy atom. The van der Waals surface area contributed by atoms with E-state index in [-0.39, 0.29) is 4.21 Å². The van der Waals surface area contributed by atoms with Gasteiger partial charge in [-0.15, -0.1) is 11.3 Å². The van der Waals surface area contributed by atoms with Crippen LogP contribution in [0.2, 0.25) is 0 Å². The van der Waals surface area contributed by atoms with Crippen molar-refractivity contribution in [1.29, 1.82) is 0 Å². The predicted octanol–water partition coefficient (Wildman–Crippen LogP) is 0.779. The van der Waals surface area contributed by atoms with Crippen molar-refractivity contribution in [3.05, 3.63) is 29.2 Å². The van der Waals surface area contributed by atoms with E-state index in [1.165, 1.54) is 6.07 Å². The van der Waals surface area contributed by atoms with Crippen molar-refractivity contribution in [1.82, 2.24) is 10.6 Å². The van der Waals surface area contributed by atoms with Gasteiger partial charge in [0.05, 0.1) is 6.54 Å². The quantitative estimate of drug-likeness (QED) is 0.435. The maximum absolute atomic E-state index is 11.2.